The second kappa shape index (κ2) is 5.54. The molecule has 18 heavy (non-hydrogen) atoms. The highest BCUT2D eigenvalue weighted by molar-refractivity contribution is 6.30. The predicted molar refractivity (Wildman–Crippen MR) is 70.2 cm³/mol. The van der Waals surface area contributed by atoms with E-state index >= 15 is 0 Å². The maximum absolute atomic E-state index is 10.9. The van der Waals surface area contributed by atoms with Crippen molar-refractivity contribution in [3.8, 4) is 0 Å². The second-order valence-corrected chi connectivity index (χ2v) is 4.88. The second-order valence-electron chi connectivity index (χ2n) is 4.45. The van der Waals surface area contributed by atoms with Gasteiger partial charge >= 0.3 is 0 Å². The van der Waals surface area contributed by atoms with Gasteiger partial charge in [0.05, 0.1) is 17.1 Å². The molecular weight excluding hydrogens is 256 g/mol. The summed E-state index contributed by atoms with van der Waals surface area (Å²) in [6.45, 7) is 2.61. The van der Waals surface area contributed by atoms with E-state index in [0.29, 0.717) is 17.3 Å². The summed E-state index contributed by atoms with van der Waals surface area (Å²) in [5.41, 5.74) is 0.473. The van der Waals surface area contributed by atoms with E-state index in [4.69, 9.17) is 16.3 Å². The van der Waals surface area contributed by atoms with E-state index in [-0.39, 0.29) is 17.9 Å². The first-order chi connectivity index (χ1) is 8.56. The van der Waals surface area contributed by atoms with Gasteiger partial charge in [0.2, 0.25) is 0 Å². The molecule has 1 aromatic rings. The lowest BCUT2D eigenvalue weighted by molar-refractivity contribution is -0.383. The normalized spacial score (nSPS) is 23.0. The summed E-state index contributed by atoms with van der Waals surface area (Å²) in [6, 6.07) is 4.61. The molecule has 1 fully saturated rings. The van der Waals surface area contributed by atoms with E-state index in [1.807, 2.05) is 6.92 Å². The molecule has 0 aliphatic carbocycles. The molecule has 1 aromatic carbocycles. The van der Waals surface area contributed by atoms with Crippen molar-refractivity contribution in [3.63, 3.8) is 0 Å². The minimum absolute atomic E-state index is 0.00598. The average molecular weight is 271 g/mol. The summed E-state index contributed by atoms with van der Waals surface area (Å²) < 4.78 is 5.65. The molecular formula is C12H15ClN2O3. The smallest absolute Gasteiger partial charge is 0.293 e. The van der Waals surface area contributed by atoms with Crippen molar-refractivity contribution < 1.29 is 9.66 Å². The lowest BCUT2D eigenvalue weighted by Crippen LogP contribution is -2.20. The Hall–Kier alpha value is -1.33. The minimum Gasteiger partial charge on any atom is -0.377 e. The lowest BCUT2D eigenvalue weighted by Gasteiger charge is -2.13. The fourth-order valence-corrected chi connectivity index (χ4v) is 2.23. The van der Waals surface area contributed by atoms with Crippen molar-refractivity contribution in [2.75, 3.05) is 11.9 Å². The monoisotopic (exact) mass is 270 g/mol. The molecule has 1 N–H and O–H groups in total. The number of benzene rings is 1. The van der Waals surface area contributed by atoms with Gasteiger partial charge in [-0.15, -0.1) is 0 Å². The largest absolute Gasteiger partial charge is 0.377 e. The first-order valence-electron chi connectivity index (χ1n) is 5.89. The number of nitrogens with zero attached hydrogens (tertiary/aromatic N) is 1. The zero-order chi connectivity index (χ0) is 13.1. The Morgan fingerprint density at radius 1 is 1.56 bits per heavy atom. The SMILES string of the molecule is CC1CCC(CNc2ccc(Cl)cc2[N+](=O)[O-])O1. The maximum atomic E-state index is 10.9. The molecule has 2 atom stereocenters. The molecule has 0 aromatic heterocycles. The van der Waals surface area contributed by atoms with Gasteiger partial charge in [-0.05, 0) is 31.9 Å². The van der Waals surface area contributed by atoms with Crippen molar-refractivity contribution in [2.24, 2.45) is 0 Å². The Morgan fingerprint density at radius 2 is 2.33 bits per heavy atom. The van der Waals surface area contributed by atoms with Gasteiger partial charge in [-0.1, -0.05) is 11.6 Å². The van der Waals surface area contributed by atoms with Crippen LogP contribution in [0.25, 0.3) is 0 Å². The number of nitrogens with one attached hydrogen (secondary N) is 1. The Morgan fingerprint density at radius 3 is 2.94 bits per heavy atom. The third kappa shape index (κ3) is 3.11. The van der Waals surface area contributed by atoms with Crippen LogP contribution in [0, 0.1) is 10.1 Å². The van der Waals surface area contributed by atoms with Crippen LogP contribution in [0.1, 0.15) is 19.8 Å². The number of nitro groups is 1. The zero-order valence-corrected chi connectivity index (χ0v) is 10.8. The third-order valence-electron chi connectivity index (χ3n) is 3.00. The van der Waals surface area contributed by atoms with Crippen LogP contribution in [0.5, 0.6) is 0 Å². The van der Waals surface area contributed by atoms with Crippen LogP contribution in [0.3, 0.4) is 0 Å². The van der Waals surface area contributed by atoms with Gasteiger partial charge in [-0.2, -0.15) is 0 Å². The van der Waals surface area contributed by atoms with Gasteiger partial charge in [0.1, 0.15) is 5.69 Å². The molecule has 1 heterocycles. The molecule has 0 spiro atoms. The molecule has 1 aliphatic rings. The molecule has 2 unspecified atom stereocenters. The molecule has 1 aliphatic heterocycles. The Balaban J connectivity index is 2.02. The summed E-state index contributed by atoms with van der Waals surface area (Å²) in [7, 11) is 0. The molecule has 0 amide bonds. The topological polar surface area (TPSA) is 64.4 Å². The minimum atomic E-state index is -0.438. The number of hydrogen-bond acceptors (Lipinski definition) is 4. The van der Waals surface area contributed by atoms with E-state index in [1.165, 1.54) is 6.07 Å². The van der Waals surface area contributed by atoms with Crippen molar-refractivity contribution in [1.29, 1.82) is 0 Å². The number of anilines is 1. The number of nitro benzene ring substituents is 1. The van der Waals surface area contributed by atoms with E-state index in [0.717, 1.165) is 12.8 Å². The molecule has 98 valence electrons. The Bertz CT molecular complexity index is 453. The average Bonchev–Trinajstić information content (AvgIpc) is 2.73. The number of rotatable bonds is 4. The molecule has 0 bridgehead atoms. The van der Waals surface area contributed by atoms with Crippen molar-refractivity contribution >= 4 is 23.0 Å². The van der Waals surface area contributed by atoms with E-state index in [2.05, 4.69) is 5.32 Å². The standard InChI is InChI=1S/C12H15ClN2O3/c1-8-2-4-10(18-8)7-14-11-5-3-9(13)6-12(11)15(16)17/h3,5-6,8,10,14H,2,4,7H2,1H3. The van der Waals surface area contributed by atoms with Gasteiger partial charge in [-0.3, -0.25) is 10.1 Å². The van der Waals surface area contributed by atoms with Gasteiger partial charge in [0.15, 0.2) is 0 Å². The molecule has 0 radical (unpaired) electrons. The predicted octanol–water partition coefficient (Wildman–Crippen LogP) is 3.23. The number of hydrogen-bond donors (Lipinski definition) is 1. The van der Waals surface area contributed by atoms with Crippen molar-refractivity contribution in [2.45, 2.75) is 32.0 Å². The van der Waals surface area contributed by atoms with Crippen LogP contribution in [0.15, 0.2) is 18.2 Å². The fourth-order valence-electron chi connectivity index (χ4n) is 2.06. The summed E-state index contributed by atoms with van der Waals surface area (Å²) in [4.78, 5) is 10.5. The van der Waals surface area contributed by atoms with E-state index in [9.17, 15) is 10.1 Å². The summed E-state index contributed by atoms with van der Waals surface area (Å²) in [5, 5.41) is 14.3. The molecule has 5 nitrogen and oxygen atoms in total. The lowest BCUT2D eigenvalue weighted by atomic mass is 10.2. The van der Waals surface area contributed by atoms with Gasteiger partial charge in [0.25, 0.3) is 5.69 Å². The Kier molecular flexibility index (Phi) is 4.04. The maximum Gasteiger partial charge on any atom is 0.293 e. The van der Waals surface area contributed by atoms with Crippen LogP contribution in [0.4, 0.5) is 11.4 Å². The van der Waals surface area contributed by atoms with Crippen LogP contribution in [-0.4, -0.2) is 23.7 Å². The fraction of sp³-hybridized carbons (Fsp3) is 0.500. The van der Waals surface area contributed by atoms with Crippen LogP contribution in [-0.2, 0) is 4.74 Å². The van der Waals surface area contributed by atoms with Gasteiger partial charge in [0, 0.05) is 17.6 Å². The van der Waals surface area contributed by atoms with Crippen molar-refractivity contribution in [3.05, 3.63) is 33.3 Å². The molecule has 0 saturated carbocycles. The highest BCUT2D eigenvalue weighted by Gasteiger charge is 2.22. The number of ether oxygens (including phenoxy) is 1. The quantitative estimate of drug-likeness (QED) is 0.674. The van der Waals surface area contributed by atoms with Crippen LogP contribution >= 0.6 is 11.6 Å². The molecule has 1 saturated heterocycles. The highest BCUT2D eigenvalue weighted by atomic mass is 35.5. The van der Waals surface area contributed by atoms with Crippen LogP contribution < -0.4 is 5.32 Å². The highest BCUT2D eigenvalue weighted by Crippen LogP contribution is 2.28. The molecule has 2 rings (SSSR count). The van der Waals surface area contributed by atoms with Crippen LogP contribution in [0.2, 0.25) is 5.02 Å². The first kappa shape index (κ1) is 13.1. The van der Waals surface area contributed by atoms with E-state index in [1.54, 1.807) is 12.1 Å². The first-order valence-corrected chi connectivity index (χ1v) is 6.27. The number of halogens is 1. The van der Waals surface area contributed by atoms with Crippen molar-refractivity contribution in [1.82, 2.24) is 0 Å². The summed E-state index contributed by atoms with van der Waals surface area (Å²) in [6.07, 6.45) is 2.41. The summed E-state index contributed by atoms with van der Waals surface area (Å²) in [5.74, 6) is 0. The summed E-state index contributed by atoms with van der Waals surface area (Å²) >= 11 is 5.75. The van der Waals surface area contributed by atoms with Gasteiger partial charge < -0.3 is 10.1 Å². The third-order valence-corrected chi connectivity index (χ3v) is 3.23. The zero-order valence-electron chi connectivity index (χ0n) is 10.1. The Labute approximate surface area is 110 Å². The van der Waals surface area contributed by atoms with E-state index < -0.39 is 4.92 Å². The molecule has 6 heteroatoms. The van der Waals surface area contributed by atoms with Gasteiger partial charge in [-0.25, -0.2) is 0 Å².